The fourth-order valence-corrected chi connectivity index (χ4v) is 3.86. The number of amides is 1. The van der Waals surface area contributed by atoms with Gasteiger partial charge in [0.1, 0.15) is 0 Å². The second-order valence-corrected chi connectivity index (χ2v) is 8.35. The number of carbonyl (C=O) groups is 1. The highest BCUT2D eigenvalue weighted by Crippen LogP contribution is 2.35. The second-order valence-electron chi connectivity index (χ2n) is 7.07. The number of nitrogens with one attached hydrogen (secondary N) is 1. The monoisotopic (exact) mass is 487 g/mol. The molecule has 0 unspecified atom stereocenters. The molecule has 4 aromatic rings. The molecule has 162 valence electrons. The number of halogens is 3. The predicted molar refractivity (Wildman–Crippen MR) is 128 cm³/mol. The first-order valence-corrected chi connectivity index (χ1v) is 10.7. The molecule has 1 amide bonds. The lowest BCUT2D eigenvalue weighted by atomic mass is 10.1. The maximum Gasteiger partial charge on any atom is 0.262 e. The third-order valence-corrected chi connectivity index (χ3v) is 5.37. The van der Waals surface area contributed by atoms with E-state index in [4.69, 9.17) is 44.0 Å². The largest absolute Gasteiger partial charge is 0.476 e. The molecule has 8 heteroatoms. The Balaban J connectivity index is 1.73. The van der Waals surface area contributed by atoms with Gasteiger partial charge in [-0.25, -0.2) is 0 Å². The van der Waals surface area contributed by atoms with Crippen LogP contribution in [0.2, 0.25) is 15.1 Å². The molecule has 0 saturated heterocycles. The van der Waals surface area contributed by atoms with Crippen LogP contribution in [0.3, 0.4) is 0 Å². The van der Waals surface area contributed by atoms with E-state index in [1.807, 2.05) is 19.1 Å². The van der Waals surface area contributed by atoms with Gasteiger partial charge in [0.2, 0.25) is 11.2 Å². The van der Waals surface area contributed by atoms with Crippen LogP contribution < -0.4 is 15.5 Å². The number of aryl methyl sites for hydroxylation is 1. The summed E-state index contributed by atoms with van der Waals surface area (Å²) in [5, 5.41) is 3.79. The Morgan fingerprint density at radius 2 is 1.75 bits per heavy atom. The average Bonchev–Trinajstić information content (AvgIpc) is 2.74. The van der Waals surface area contributed by atoms with Gasteiger partial charge in [-0.15, -0.1) is 0 Å². The van der Waals surface area contributed by atoms with Crippen LogP contribution in [0.5, 0.6) is 5.75 Å². The summed E-state index contributed by atoms with van der Waals surface area (Å²) in [5.41, 5.74) is 1.85. The van der Waals surface area contributed by atoms with Gasteiger partial charge in [-0.05, 0) is 37.3 Å². The molecular weight excluding hydrogens is 473 g/mol. The van der Waals surface area contributed by atoms with Crippen molar-refractivity contribution >= 4 is 57.4 Å². The van der Waals surface area contributed by atoms with E-state index >= 15 is 0 Å². The number of hydrogen-bond acceptors (Lipinski definition) is 4. The van der Waals surface area contributed by atoms with Crippen molar-refractivity contribution in [1.82, 2.24) is 0 Å². The number of benzene rings is 3. The topological polar surface area (TPSA) is 68.5 Å². The number of hydrogen-bond donors (Lipinski definition) is 1. The summed E-state index contributed by atoms with van der Waals surface area (Å²) in [6.07, 6.45) is 0. The first kappa shape index (κ1) is 22.2. The summed E-state index contributed by atoms with van der Waals surface area (Å²) >= 11 is 18.3. The smallest absolute Gasteiger partial charge is 0.262 e. The quantitative estimate of drug-likeness (QED) is 0.337. The van der Waals surface area contributed by atoms with Crippen LogP contribution in [0.25, 0.3) is 22.3 Å². The van der Waals surface area contributed by atoms with E-state index in [0.717, 1.165) is 5.56 Å². The zero-order valence-corrected chi connectivity index (χ0v) is 19.0. The van der Waals surface area contributed by atoms with E-state index in [2.05, 4.69) is 5.32 Å². The van der Waals surface area contributed by atoms with E-state index in [9.17, 15) is 9.59 Å². The molecule has 1 N–H and O–H groups in total. The Morgan fingerprint density at radius 3 is 2.47 bits per heavy atom. The normalized spacial score (nSPS) is 10.9. The van der Waals surface area contributed by atoms with E-state index in [-0.39, 0.29) is 32.5 Å². The average molecular weight is 489 g/mol. The lowest BCUT2D eigenvalue weighted by Crippen LogP contribution is -2.22. The van der Waals surface area contributed by atoms with Crippen molar-refractivity contribution in [3.8, 4) is 17.1 Å². The molecule has 1 aromatic heterocycles. The van der Waals surface area contributed by atoms with Gasteiger partial charge in [-0.3, -0.25) is 9.59 Å². The number of fused-ring (bicyclic) bond motifs is 1. The number of carbonyl (C=O) groups excluding carboxylic acids is 1. The molecule has 0 atom stereocenters. The van der Waals surface area contributed by atoms with Gasteiger partial charge in [-0.2, -0.15) is 0 Å². The minimum Gasteiger partial charge on any atom is -0.476 e. The van der Waals surface area contributed by atoms with Crippen molar-refractivity contribution in [3.63, 3.8) is 0 Å². The van der Waals surface area contributed by atoms with Gasteiger partial charge in [0.15, 0.2) is 18.0 Å². The van der Waals surface area contributed by atoms with Crippen LogP contribution in [0.4, 0.5) is 5.69 Å². The van der Waals surface area contributed by atoms with E-state index in [0.29, 0.717) is 16.3 Å². The molecule has 4 rings (SSSR count). The van der Waals surface area contributed by atoms with Crippen LogP contribution >= 0.6 is 34.8 Å². The Labute approximate surface area is 198 Å². The van der Waals surface area contributed by atoms with Crippen LogP contribution in [0.15, 0.2) is 69.9 Å². The van der Waals surface area contributed by atoms with Crippen molar-refractivity contribution < 1.29 is 13.9 Å². The van der Waals surface area contributed by atoms with Gasteiger partial charge < -0.3 is 14.5 Å². The molecule has 0 aliphatic rings. The Morgan fingerprint density at radius 1 is 1.00 bits per heavy atom. The predicted octanol–water partition coefficient (Wildman–Crippen LogP) is 6.75. The molecule has 32 heavy (non-hydrogen) atoms. The van der Waals surface area contributed by atoms with Gasteiger partial charge >= 0.3 is 0 Å². The van der Waals surface area contributed by atoms with Crippen LogP contribution in [-0.2, 0) is 4.79 Å². The minimum absolute atomic E-state index is 0.110. The molecule has 0 saturated carbocycles. The van der Waals surface area contributed by atoms with Crippen molar-refractivity contribution in [2.45, 2.75) is 6.92 Å². The van der Waals surface area contributed by atoms with Crippen molar-refractivity contribution in [1.29, 1.82) is 0 Å². The highest BCUT2D eigenvalue weighted by molar-refractivity contribution is 6.38. The third-order valence-electron chi connectivity index (χ3n) is 4.64. The second kappa shape index (κ2) is 9.25. The maximum absolute atomic E-state index is 13.3. The Bertz CT molecular complexity index is 1380. The minimum atomic E-state index is -0.484. The molecule has 0 aliphatic carbocycles. The highest BCUT2D eigenvalue weighted by atomic mass is 35.5. The molecule has 1 heterocycles. The number of anilines is 1. The van der Waals surface area contributed by atoms with Gasteiger partial charge in [0.05, 0.1) is 10.4 Å². The maximum atomic E-state index is 13.3. The molecule has 5 nitrogen and oxygen atoms in total. The van der Waals surface area contributed by atoms with Crippen molar-refractivity contribution in [3.05, 3.63) is 91.5 Å². The SMILES string of the molecule is Cc1ccc(-c2oc3c(Cl)cc(Cl)cc3c(=O)c2OCC(=O)Nc2cccc(Cl)c2)cc1. The molecular formula is C24H16Cl3NO4. The van der Waals surface area contributed by atoms with Crippen molar-refractivity contribution in [2.24, 2.45) is 0 Å². The van der Waals surface area contributed by atoms with Crippen LogP contribution in [0.1, 0.15) is 5.56 Å². The number of rotatable bonds is 5. The van der Waals surface area contributed by atoms with Gasteiger partial charge in [0.25, 0.3) is 5.91 Å². The zero-order chi connectivity index (χ0) is 22.8. The zero-order valence-electron chi connectivity index (χ0n) is 16.7. The summed E-state index contributed by atoms with van der Waals surface area (Å²) in [6.45, 7) is 1.52. The first-order valence-electron chi connectivity index (χ1n) is 9.53. The number of ether oxygens (including phenoxy) is 1. The van der Waals surface area contributed by atoms with Crippen molar-refractivity contribution in [2.75, 3.05) is 11.9 Å². The summed E-state index contributed by atoms with van der Waals surface area (Å²) < 4.78 is 11.7. The molecule has 0 radical (unpaired) electrons. The summed E-state index contributed by atoms with van der Waals surface area (Å²) in [4.78, 5) is 25.7. The highest BCUT2D eigenvalue weighted by Gasteiger charge is 2.21. The van der Waals surface area contributed by atoms with E-state index in [1.165, 1.54) is 12.1 Å². The summed E-state index contributed by atoms with van der Waals surface area (Å²) in [5.74, 6) is -0.408. The fourth-order valence-electron chi connectivity index (χ4n) is 3.13. The van der Waals surface area contributed by atoms with Crippen LogP contribution in [-0.4, -0.2) is 12.5 Å². The summed E-state index contributed by atoms with van der Waals surface area (Å²) in [6, 6.07) is 17.0. The lowest BCUT2D eigenvalue weighted by molar-refractivity contribution is -0.118. The molecule has 3 aromatic carbocycles. The molecule has 0 bridgehead atoms. The molecule has 0 spiro atoms. The van der Waals surface area contributed by atoms with E-state index < -0.39 is 17.9 Å². The first-order chi connectivity index (χ1) is 15.3. The standard InChI is InChI=1S/C24H16Cl3NO4/c1-13-5-7-14(8-6-13)22-24(21(30)18-10-16(26)11-19(27)23(18)32-22)31-12-20(29)28-17-4-2-3-15(25)9-17/h2-11H,12H2,1H3,(H,28,29). The fraction of sp³-hybridized carbons (Fsp3) is 0.0833. The summed E-state index contributed by atoms with van der Waals surface area (Å²) in [7, 11) is 0. The van der Waals surface area contributed by atoms with E-state index in [1.54, 1.807) is 36.4 Å². The van der Waals surface area contributed by atoms with Gasteiger partial charge in [0, 0.05) is 21.3 Å². The third kappa shape index (κ3) is 4.75. The molecule has 0 fully saturated rings. The van der Waals surface area contributed by atoms with Gasteiger partial charge in [-0.1, -0.05) is 70.7 Å². The van der Waals surface area contributed by atoms with Crippen LogP contribution in [0, 0.1) is 6.92 Å². The Hall–Kier alpha value is -2.99. The Kier molecular flexibility index (Phi) is 6.42. The lowest BCUT2D eigenvalue weighted by Gasteiger charge is -2.13. The molecule has 0 aliphatic heterocycles.